The fourth-order valence-electron chi connectivity index (χ4n) is 8.36. The highest BCUT2D eigenvalue weighted by atomic mass is 16.6. The summed E-state index contributed by atoms with van der Waals surface area (Å²) in [5.41, 5.74) is 2.33. The van der Waals surface area contributed by atoms with Crippen molar-refractivity contribution < 1.29 is 48.1 Å². The molecular formula is C49H58N8O10. The van der Waals surface area contributed by atoms with Crippen LogP contribution in [-0.4, -0.2) is 114 Å². The molecule has 0 radical (unpaired) electrons. The van der Waals surface area contributed by atoms with Crippen LogP contribution in [0.25, 0.3) is 33.1 Å². The first-order chi connectivity index (χ1) is 31.6. The van der Waals surface area contributed by atoms with Crippen LogP contribution < -0.4 is 5.32 Å². The van der Waals surface area contributed by atoms with E-state index in [9.17, 15) is 33.9 Å². The first-order valence-corrected chi connectivity index (χ1v) is 21.9. The van der Waals surface area contributed by atoms with Crippen molar-refractivity contribution in [1.82, 2.24) is 39.3 Å². The van der Waals surface area contributed by atoms with Crippen LogP contribution in [-0.2, 0) is 40.4 Å². The third-order valence-electron chi connectivity index (χ3n) is 11.2. The topological polar surface area (TPSA) is 219 Å². The van der Waals surface area contributed by atoms with Crippen molar-refractivity contribution in [1.29, 1.82) is 0 Å². The average Bonchev–Trinajstić information content (AvgIpc) is 4.08. The molecule has 0 unspecified atom stereocenters. The molecule has 3 atom stereocenters. The zero-order valence-corrected chi connectivity index (χ0v) is 39.5. The van der Waals surface area contributed by atoms with Gasteiger partial charge in [-0.15, -0.1) is 5.10 Å². The fourth-order valence-corrected chi connectivity index (χ4v) is 8.36. The largest absolute Gasteiger partial charge is 0.467 e. The van der Waals surface area contributed by atoms with Gasteiger partial charge in [-0.2, -0.15) is 0 Å². The maximum absolute atomic E-state index is 13.5. The molecule has 4 aromatic heterocycles. The number of aromatic nitrogens is 6. The van der Waals surface area contributed by atoms with E-state index in [0.717, 1.165) is 10.9 Å². The Morgan fingerprint density at radius 1 is 0.866 bits per heavy atom. The Morgan fingerprint density at radius 3 is 2.16 bits per heavy atom. The molecule has 18 nitrogen and oxygen atoms in total. The van der Waals surface area contributed by atoms with E-state index in [4.69, 9.17) is 14.2 Å². The number of carboxylic acid groups (broad SMARTS) is 1. The van der Waals surface area contributed by atoms with E-state index in [1.165, 1.54) is 51.5 Å². The molecule has 2 amide bonds. The van der Waals surface area contributed by atoms with Crippen LogP contribution in [0.2, 0.25) is 0 Å². The van der Waals surface area contributed by atoms with Crippen molar-refractivity contribution in [2.24, 2.45) is 5.92 Å². The molecule has 67 heavy (non-hydrogen) atoms. The van der Waals surface area contributed by atoms with E-state index in [1.54, 1.807) is 30.5 Å². The van der Waals surface area contributed by atoms with Crippen LogP contribution in [0.4, 0.5) is 9.59 Å². The lowest BCUT2D eigenvalue weighted by atomic mass is 9.86. The van der Waals surface area contributed by atoms with Crippen LogP contribution in [0.3, 0.4) is 0 Å². The maximum atomic E-state index is 13.5. The molecule has 5 heterocycles. The number of carbonyl (C=O) groups excluding carboxylic acids is 5. The number of methoxy groups -OCH3 is 2. The van der Waals surface area contributed by atoms with Crippen molar-refractivity contribution in [2.75, 3.05) is 20.8 Å². The molecule has 0 bridgehead atoms. The molecule has 354 valence electrons. The predicted molar refractivity (Wildman–Crippen MR) is 248 cm³/mol. The second-order valence-electron chi connectivity index (χ2n) is 18.7. The summed E-state index contributed by atoms with van der Waals surface area (Å²) in [6, 6.07) is 15.6. The smallest absolute Gasteiger partial charge is 0.418 e. The van der Waals surface area contributed by atoms with Gasteiger partial charge in [-0.3, -0.25) is 19.1 Å². The molecule has 7 rings (SSSR count). The summed E-state index contributed by atoms with van der Waals surface area (Å²) in [7, 11) is 2.54. The van der Waals surface area contributed by atoms with Crippen molar-refractivity contribution in [3.63, 3.8) is 0 Å². The number of esters is 2. The van der Waals surface area contributed by atoms with Gasteiger partial charge in [0.1, 0.15) is 17.7 Å². The van der Waals surface area contributed by atoms with Gasteiger partial charge < -0.3 is 29.5 Å². The number of likely N-dealkylation sites (tertiary alicyclic amines) is 1. The minimum Gasteiger partial charge on any atom is -0.467 e. The molecule has 1 aliphatic heterocycles. The van der Waals surface area contributed by atoms with Gasteiger partial charge in [-0.25, -0.2) is 28.4 Å². The SMILES string of the molecule is CC(C)(C)OC(=O)n1ccc2ccccc21.COC(=O)[C@@H](Cc1c(C(C)(C)C)n(C(=O)O)c2ccccc12)n1nncc1-c1cncc(C(=O)N[C@@H]2CCN([C@@H](CC(C)C)C(=O)OC)C2=O)c1. The quantitative estimate of drug-likeness (QED) is 0.0956. The van der Waals surface area contributed by atoms with E-state index in [1.807, 2.05) is 91.8 Å². The van der Waals surface area contributed by atoms with Gasteiger partial charge in [-0.05, 0) is 69.4 Å². The van der Waals surface area contributed by atoms with Crippen molar-refractivity contribution in [2.45, 2.75) is 104 Å². The highest BCUT2D eigenvalue weighted by molar-refractivity contribution is 5.99. The molecule has 0 saturated carbocycles. The van der Waals surface area contributed by atoms with Gasteiger partial charge in [0.2, 0.25) is 5.91 Å². The Balaban J connectivity index is 0.000000388. The number of fused-ring (bicyclic) bond motifs is 2. The van der Waals surface area contributed by atoms with Crippen molar-refractivity contribution in [3.8, 4) is 11.3 Å². The third-order valence-corrected chi connectivity index (χ3v) is 11.2. The summed E-state index contributed by atoms with van der Waals surface area (Å²) in [5.74, 6) is -1.92. The molecule has 1 aliphatic rings. The van der Waals surface area contributed by atoms with Gasteiger partial charge in [0.15, 0.2) is 6.04 Å². The number of nitrogens with zero attached hydrogens (tertiary/aromatic N) is 7. The van der Waals surface area contributed by atoms with Crippen LogP contribution in [0.5, 0.6) is 0 Å². The van der Waals surface area contributed by atoms with Crippen molar-refractivity contribution >= 4 is 57.7 Å². The molecule has 18 heteroatoms. The van der Waals surface area contributed by atoms with Gasteiger partial charge in [0.25, 0.3) is 5.91 Å². The van der Waals surface area contributed by atoms with E-state index in [-0.39, 0.29) is 36.4 Å². The van der Waals surface area contributed by atoms with E-state index in [0.29, 0.717) is 46.3 Å². The Labute approximate surface area is 388 Å². The normalized spacial score (nSPS) is 14.9. The van der Waals surface area contributed by atoms with Gasteiger partial charge >= 0.3 is 24.1 Å². The number of hydrogen-bond donors (Lipinski definition) is 2. The number of pyridine rings is 1. The standard InChI is InChI=1S/C36H43N7O8.C13H15NO2/c1-20(2)14-27(33(46)50-6)41-13-12-25(32(41)45)39-31(44)22-15-21(17-37-18-22)29-19-38-40-43(29)28(34(47)51-7)16-24-23-10-8-9-11-26(23)42(35(48)49)30(24)36(3,4)5;1-13(2,3)16-12(15)14-9-8-10-6-4-5-7-11(10)14/h8-11,15,17-20,25,27-28H,12-14,16H2,1-7H3,(H,39,44)(H,48,49);4-9H,1-3H3/t25-,27+,28-;/m1./s1. The Kier molecular flexibility index (Phi) is 14.7. The summed E-state index contributed by atoms with van der Waals surface area (Å²) in [6.07, 6.45) is 5.29. The Bertz CT molecular complexity index is 2810. The average molecular weight is 919 g/mol. The molecular weight excluding hydrogens is 861 g/mol. The van der Waals surface area contributed by atoms with Crippen LogP contribution in [0, 0.1) is 5.92 Å². The number of ether oxygens (including phenoxy) is 3. The molecule has 1 fully saturated rings. The van der Waals surface area contributed by atoms with E-state index < -0.39 is 53.1 Å². The summed E-state index contributed by atoms with van der Waals surface area (Å²) in [5, 5.41) is 23.0. The zero-order valence-electron chi connectivity index (χ0n) is 39.5. The fraction of sp³-hybridized carbons (Fsp3) is 0.408. The lowest BCUT2D eigenvalue weighted by Gasteiger charge is -2.27. The first-order valence-electron chi connectivity index (χ1n) is 21.9. The summed E-state index contributed by atoms with van der Waals surface area (Å²) >= 11 is 0. The maximum Gasteiger partial charge on any atom is 0.418 e. The van der Waals surface area contributed by atoms with E-state index >= 15 is 0 Å². The minimum absolute atomic E-state index is 0.0215. The molecule has 6 aromatic rings. The van der Waals surface area contributed by atoms with Gasteiger partial charge in [0.05, 0.1) is 42.7 Å². The monoisotopic (exact) mass is 918 g/mol. The first kappa shape index (κ1) is 49.1. The summed E-state index contributed by atoms with van der Waals surface area (Å²) in [4.78, 5) is 82.9. The molecule has 0 spiro atoms. The number of rotatable bonds is 11. The minimum atomic E-state index is -1.15. The molecule has 0 aliphatic carbocycles. The zero-order chi connectivity index (χ0) is 49.0. The lowest BCUT2D eigenvalue weighted by molar-refractivity contribution is -0.152. The van der Waals surface area contributed by atoms with Crippen LogP contribution in [0.15, 0.2) is 85.5 Å². The highest BCUT2D eigenvalue weighted by Crippen LogP contribution is 2.38. The predicted octanol–water partition coefficient (Wildman–Crippen LogP) is 7.42. The van der Waals surface area contributed by atoms with Crippen molar-refractivity contribution in [3.05, 3.63) is 102 Å². The molecule has 2 N–H and O–H groups in total. The number of amides is 2. The van der Waals surface area contributed by atoms with E-state index in [2.05, 4.69) is 20.6 Å². The second-order valence-corrected chi connectivity index (χ2v) is 18.7. The summed E-state index contributed by atoms with van der Waals surface area (Å²) in [6.45, 7) is 15.5. The number of para-hydroxylation sites is 2. The molecule has 1 saturated heterocycles. The number of carbonyl (C=O) groups is 6. The van der Waals surface area contributed by atoms with Crippen LogP contribution in [0.1, 0.15) is 95.9 Å². The summed E-state index contributed by atoms with van der Waals surface area (Å²) < 4.78 is 19.6. The number of benzene rings is 2. The lowest BCUT2D eigenvalue weighted by Crippen LogP contribution is -2.48. The molecule has 2 aromatic carbocycles. The second kappa shape index (κ2) is 20.0. The van der Waals surface area contributed by atoms with Gasteiger partial charge in [-0.1, -0.05) is 76.2 Å². The Morgan fingerprint density at radius 2 is 1.52 bits per heavy atom. The number of hydrogen-bond acceptors (Lipinski definition) is 12. The third kappa shape index (κ3) is 10.9. The Hall–Kier alpha value is -7.37. The number of nitrogens with one attached hydrogen (secondary N) is 1. The van der Waals surface area contributed by atoms with Gasteiger partial charge in [0, 0.05) is 59.0 Å². The van der Waals surface area contributed by atoms with Crippen LogP contribution >= 0.6 is 0 Å². The highest BCUT2D eigenvalue weighted by Gasteiger charge is 2.41.